The molecule has 2 nitrogen and oxygen atoms in total. The summed E-state index contributed by atoms with van der Waals surface area (Å²) < 4.78 is 5.83. The summed E-state index contributed by atoms with van der Waals surface area (Å²) in [4.78, 5) is 10.4. The smallest absolute Gasteiger partial charge is 0.142 e. The minimum atomic E-state index is 0.562. The van der Waals surface area contributed by atoms with Crippen molar-refractivity contribution in [2.45, 2.75) is 6.61 Å². The average molecular weight is 288 g/mol. The average Bonchev–Trinajstić information content (AvgIpc) is 2.59. The van der Waals surface area contributed by atoms with Crippen molar-refractivity contribution < 1.29 is 9.53 Å². The minimum absolute atomic E-state index is 0.562. The first-order valence-electron chi connectivity index (χ1n) is 7.17. The van der Waals surface area contributed by atoms with Crippen molar-refractivity contribution in [3.63, 3.8) is 0 Å². The van der Waals surface area contributed by atoms with Crippen LogP contribution in [-0.2, 0) is 11.4 Å². The van der Waals surface area contributed by atoms with E-state index in [0.717, 1.165) is 33.9 Å². The van der Waals surface area contributed by atoms with Crippen molar-refractivity contribution in [1.29, 1.82) is 0 Å². The minimum Gasteiger partial charge on any atom is -0.489 e. The van der Waals surface area contributed by atoms with Crippen LogP contribution in [0.25, 0.3) is 16.8 Å². The Balaban J connectivity index is 1.78. The van der Waals surface area contributed by atoms with Gasteiger partial charge in [-0.3, -0.25) is 4.79 Å². The highest BCUT2D eigenvalue weighted by Crippen LogP contribution is 2.23. The predicted octanol–water partition coefficient (Wildman–Crippen LogP) is 4.63. The van der Waals surface area contributed by atoms with Crippen LogP contribution in [0, 0.1) is 0 Å². The first-order valence-corrected chi connectivity index (χ1v) is 7.17. The van der Waals surface area contributed by atoms with Crippen LogP contribution in [0.2, 0.25) is 0 Å². The summed E-state index contributed by atoms with van der Waals surface area (Å²) in [6, 6.07) is 22.2. The molecule has 0 amide bonds. The maximum Gasteiger partial charge on any atom is 0.142 e. The molecule has 2 heteroatoms. The molecule has 0 aliphatic rings. The molecule has 0 saturated carbocycles. The van der Waals surface area contributed by atoms with Gasteiger partial charge in [-0.05, 0) is 46.2 Å². The van der Waals surface area contributed by atoms with Gasteiger partial charge in [0, 0.05) is 0 Å². The Morgan fingerprint density at radius 2 is 1.64 bits per heavy atom. The highest BCUT2D eigenvalue weighted by atomic mass is 16.5. The Morgan fingerprint density at radius 1 is 0.864 bits per heavy atom. The molecular formula is C20H16O2. The fourth-order valence-electron chi connectivity index (χ4n) is 2.33. The van der Waals surface area contributed by atoms with E-state index in [2.05, 4.69) is 6.07 Å². The van der Waals surface area contributed by atoms with Gasteiger partial charge in [0.1, 0.15) is 18.6 Å². The first-order chi connectivity index (χ1) is 10.8. The van der Waals surface area contributed by atoms with E-state index in [-0.39, 0.29) is 0 Å². The fourth-order valence-corrected chi connectivity index (χ4v) is 2.33. The van der Waals surface area contributed by atoms with E-state index in [1.807, 2.05) is 60.7 Å². The first kappa shape index (κ1) is 14.1. The van der Waals surface area contributed by atoms with Crippen LogP contribution in [0.5, 0.6) is 5.75 Å². The van der Waals surface area contributed by atoms with Crippen LogP contribution in [0.1, 0.15) is 11.1 Å². The van der Waals surface area contributed by atoms with Crippen LogP contribution >= 0.6 is 0 Å². The quantitative estimate of drug-likeness (QED) is 0.505. The highest BCUT2D eigenvalue weighted by molar-refractivity contribution is 5.87. The molecule has 0 atom stereocenters. The van der Waals surface area contributed by atoms with E-state index in [4.69, 9.17) is 4.74 Å². The number of ether oxygens (including phenoxy) is 1. The van der Waals surface area contributed by atoms with Crippen molar-refractivity contribution in [1.82, 2.24) is 0 Å². The standard InChI is InChI=1S/C20H16O2/c21-12-4-7-16-8-9-19-14-20(11-10-18(19)13-16)22-15-17-5-2-1-3-6-17/h1-14H,15H2/b7-4+. The zero-order valence-corrected chi connectivity index (χ0v) is 12.1. The topological polar surface area (TPSA) is 26.3 Å². The molecule has 0 fully saturated rings. The number of aldehydes is 1. The third-order valence-electron chi connectivity index (χ3n) is 3.45. The van der Waals surface area contributed by atoms with Crippen molar-refractivity contribution in [3.8, 4) is 5.75 Å². The maximum atomic E-state index is 10.4. The lowest BCUT2D eigenvalue weighted by atomic mass is 10.1. The van der Waals surface area contributed by atoms with Crippen LogP contribution in [0.4, 0.5) is 0 Å². The Morgan fingerprint density at radius 3 is 2.45 bits per heavy atom. The summed E-state index contributed by atoms with van der Waals surface area (Å²) in [5.41, 5.74) is 2.16. The lowest BCUT2D eigenvalue weighted by Gasteiger charge is -2.08. The van der Waals surface area contributed by atoms with E-state index in [1.165, 1.54) is 6.08 Å². The van der Waals surface area contributed by atoms with Gasteiger partial charge in [-0.1, -0.05) is 54.6 Å². The number of carbonyl (C=O) groups excluding carboxylic acids is 1. The molecule has 0 aromatic heterocycles. The molecule has 0 bridgehead atoms. The van der Waals surface area contributed by atoms with Gasteiger partial charge in [0.15, 0.2) is 0 Å². The lowest BCUT2D eigenvalue weighted by Crippen LogP contribution is -1.94. The zero-order chi connectivity index (χ0) is 15.2. The number of carbonyl (C=O) groups is 1. The molecule has 0 N–H and O–H groups in total. The molecule has 0 saturated heterocycles. The van der Waals surface area contributed by atoms with E-state index >= 15 is 0 Å². The van der Waals surface area contributed by atoms with Gasteiger partial charge in [0.2, 0.25) is 0 Å². The maximum absolute atomic E-state index is 10.4. The molecule has 0 radical (unpaired) electrons. The van der Waals surface area contributed by atoms with Gasteiger partial charge in [-0.15, -0.1) is 0 Å². The molecule has 0 unspecified atom stereocenters. The number of fused-ring (bicyclic) bond motifs is 1. The monoisotopic (exact) mass is 288 g/mol. The number of hydrogen-bond donors (Lipinski definition) is 0. The van der Waals surface area contributed by atoms with Gasteiger partial charge >= 0.3 is 0 Å². The fraction of sp³-hybridized carbons (Fsp3) is 0.0500. The summed E-state index contributed by atoms with van der Waals surface area (Å²) in [6.45, 7) is 0.562. The zero-order valence-electron chi connectivity index (χ0n) is 12.1. The predicted molar refractivity (Wildman–Crippen MR) is 89.8 cm³/mol. The summed E-state index contributed by atoms with van der Waals surface area (Å²) in [5, 5.41) is 2.24. The van der Waals surface area contributed by atoms with E-state index < -0.39 is 0 Å². The Kier molecular flexibility index (Phi) is 4.30. The Labute approximate surface area is 129 Å². The molecule has 108 valence electrons. The number of rotatable bonds is 5. The number of hydrogen-bond acceptors (Lipinski definition) is 2. The van der Waals surface area contributed by atoms with Gasteiger partial charge in [0.05, 0.1) is 0 Å². The Hall–Kier alpha value is -2.87. The lowest BCUT2D eigenvalue weighted by molar-refractivity contribution is -0.104. The van der Waals surface area contributed by atoms with Gasteiger partial charge in [-0.25, -0.2) is 0 Å². The SMILES string of the molecule is O=C/C=C/c1ccc2cc(OCc3ccccc3)ccc2c1. The van der Waals surface area contributed by atoms with Gasteiger partial charge < -0.3 is 4.74 Å². The molecule has 0 aliphatic heterocycles. The van der Waals surface area contributed by atoms with Gasteiger partial charge in [-0.2, -0.15) is 0 Å². The molecule has 0 aliphatic carbocycles. The third-order valence-corrected chi connectivity index (χ3v) is 3.45. The molecule has 3 aromatic carbocycles. The van der Waals surface area contributed by atoms with Crippen molar-refractivity contribution >= 4 is 23.1 Å². The summed E-state index contributed by atoms with van der Waals surface area (Å²) in [5.74, 6) is 0.854. The second-order valence-electron chi connectivity index (χ2n) is 5.04. The Bertz CT molecular complexity index is 804. The van der Waals surface area contributed by atoms with Crippen LogP contribution in [-0.4, -0.2) is 6.29 Å². The van der Waals surface area contributed by atoms with E-state index in [9.17, 15) is 4.79 Å². The number of allylic oxidation sites excluding steroid dienone is 1. The van der Waals surface area contributed by atoms with Crippen LogP contribution in [0.15, 0.2) is 72.8 Å². The van der Waals surface area contributed by atoms with E-state index in [0.29, 0.717) is 6.61 Å². The van der Waals surface area contributed by atoms with Gasteiger partial charge in [0.25, 0.3) is 0 Å². The molecular weight excluding hydrogens is 272 g/mol. The third kappa shape index (κ3) is 3.41. The summed E-state index contributed by atoms with van der Waals surface area (Å²) in [7, 11) is 0. The van der Waals surface area contributed by atoms with Crippen LogP contribution in [0.3, 0.4) is 0 Å². The molecule has 3 aromatic rings. The summed E-state index contributed by atoms with van der Waals surface area (Å²) >= 11 is 0. The second-order valence-corrected chi connectivity index (χ2v) is 5.04. The van der Waals surface area contributed by atoms with Crippen LogP contribution < -0.4 is 4.74 Å². The van der Waals surface area contributed by atoms with Crippen molar-refractivity contribution in [2.24, 2.45) is 0 Å². The summed E-state index contributed by atoms with van der Waals surface area (Å²) in [6.07, 6.45) is 4.08. The van der Waals surface area contributed by atoms with Crippen molar-refractivity contribution in [2.75, 3.05) is 0 Å². The molecule has 22 heavy (non-hydrogen) atoms. The normalized spacial score (nSPS) is 10.9. The van der Waals surface area contributed by atoms with E-state index in [1.54, 1.807) is 6.08 Å². The molecule has 0 heterocycles. The second kappa shape index (κ2) is 6.72. The molecule has 0 spiro atoms. The van der Waals surface area contributed by atoms with Crippen molar-refractivity contribution in [3.05, 3.63) is 83.9 Å². The highest BCUT2D eigenvalue weighted by Gasteiger charge is 1.99. The number of benzene rings is 3. The largest absolute Gasteiger partial charge is 0.489 e. The molecule has 3 rings (SSSR count).